The molecule has 5 aromatic rings. The number of pyridine rings is 2. The van der Waals surface area contributed by atoms with Gasteiger partial charge in [0.2, 0.25) is 0 Å². The van der Waals surface area contributed by atoms with Crippen LogP contribution in [0.1, 0.15) is 10.4 Å². The Morgan fingerprint density at radius 1 is 0.636 bits per heavy atom. The standard InChI is InChI=1S/C27H21N5O/c33-27(32-26-18-22(14-16-29-26)30-20-8-2-1-3-9-20)19-7-4-10-21(17-19)31-25-13-5-12-24-23(25)11-6-15-28-24/h1-18,31H,(H2,29,30,32,33). The van der Waals surface area contributed by atoms with Gasteiger partial charge in [-0.3, -0.25) is 9.78 Å². The molecule has 6 heteroatoms. The number of aromatic nitrogens is 2. The van der Waals surface area contributed by atoms with Crippen LogP contribution >= 0.6 is 0 Å². The fourth-order valence-electron chi connectivity index (χ4n) is 3.56. The number of para-hydroxylation sites is 1. The lowest BCUT2D eigenvalue weighted by Crippen LogP contribution is -2.13. The van der Waals surface area contributed by atoms with Crippen LogP contribution in [-0.4, -0.2) is 15.9 Å². The number of carbonyl (C=O) groups excluding carboxylic acids is 1. The lowest BCUT2D eigenvalue weighted by atomic mass is 10.1. The van der Waals surface area contributed by atoms with E-state index in [1.807, 2.05) is 84.9 Å². The van der Waals surface area contributed by atoms with E-state index >= 15 is 0 Å². The smallest absolute Gasteiger partial charge is 0.256 e. The summed E-state index contributed by atoms with van der Waals surface area (Å²) in [7, 11) is 0. The number of nitrogens with one attached hydrogen (secondary N) is 3. The van der Waals surface area contributed by atoms with Gasteiger partial charge >= 0.3 is 0 Å². The average Bonchev–Trinajstić information content (AvgIpc) is 2.85. The molecule has 0 fully saturated rings. The van der Waals surface area contributed by atoms with Crippen LogP contribution in [0.2, 0.25) is 0 Å². The van der Waals surface area contributed by atoms with Gasteiger partial charge in [0.05, 0.1) is 5.52 Å². The van der Waals surface area contributed by atoms with Gasteiger partial charge in [-0.15, -0.1) is 0 Å². The Morgan fingerprint density at radius 3 is 2.36 bits per heavy atom. The topological polar surface area (TPSA) is 78.9 Å². The number of benzene rings is 3. The molecule has 0 saturated carbocycles. The highest BCUT2D eigenvalue weighted by atomic mass is 16.1. The fourth-order valence-corrected chi connectivity index (χ4v) is 3.56. The Morgan fingerprint density at radius 2 is 1.45 bits per heavy atom. The minimum absolute atomic E-state index is 0.234. The SMILES string of the molecule is O=C(Nc1cc(Nc2ccccc2)ccn1)c1cccc(Nc2cccc3ncccc23)c1. The molecule has 1 amide bonds. The molecule has 5 rings (SSSR count). The molecule has 0 aliphatic rings. The molecule has 3 N–H and O–H groups in total. The lowest BCUT2D eigenvalue weighted by Gasteiger charge is -2.11. The van der Waals surface area contributed by atoms with Crippen molar-refractivity contribution in [3.05, 3.63) is 115 Å². The van der Waals surface area contributed by atoms with Crippen molar-refractivity contribution < 1.29 is 4.79 Å². The van der Waals surface area contributed by atoms with Gasteiger partial charge in [-0.05, 0) is 60.7 Å². The molecule has 0 aliphatic heterocycles. The van der Waals surface area contributed by atoms with E-state index in [-0.39, 0.29) is 5.91 Å². The first-order valence-electron chi connectivity index (χ1n) is 10.5. The molecule has 33 heavy (non-hydrogen) atoms. The number of hydrogen-bond acceptors (Lipinski definition) is 5. The largest absolute Gasteiger partial charge is 0.355 e. The average molecular weight is 431 g/mol. The second-order valence-electron chi connectivity index (χ2n) is 7.46. The summed E-state index contributed by atoms with van der Waals surface area (Å²) in [4.78, 5) is 21.6. The number of hydrogen-bond donors (Lipinski definition) is 3. The van der Waals surface area contributed by atoms with Gasteiger partial charge in [0, 0.05) is 52.2 Å². The third-order valence-electron chi connectivity index (χ3n) is 5.11. The van der Waals surface area contributed by atoms with Crippen LogP contribution in [0.4, 0.5) is 28.6 Å². The van der Waals surface area contributed by atoms with Crippen molar-refractivity contribution in [3.8, 4) is 0 Å². The number of nitrogens with zero attached hydrogens (tertiary/aromatic N) is 2. The Kier molecular flexibility index (Phi) is 5.63. The zero-order chi connectivity index (χ0) is 22.5. The van der Waals surface area contributed by atoms with Crippen molar-refractivity contribution in [1.82, 2.24) is 9.97 Å². The van der Waals surface area contributed by atoms with Crippen molar-refractivity contribution in [2.45, 2.75) is 0 Å². The van der Waals surface area contributed by atoms with Crippen LogP contribution in [0.25, 0.3) is 10.9 Å². The lowest BCUT2D eigenvalue weighted by molar-refractivity contribution is 0.102. The van der Waals surface area contributed by atoms with Crippen molar-refractivity contribution in [2.75, 3.05) is 16.0 Å². The zero-order valence-corrected chi connectivity index (χ0v) is 17.7. The summed E-state index contributed by atoms with van der Waals surface area (Å²) in [5, 5.41) is 10.6. The maximum Gasteiger partial charge on any atom is 0.256 e. The first kappa shape index (κ1) is 20.2. The van der Waals surface area contributed by atoms with Crippen LogP contribution in [0.5, 0.6) is 0 Å². The molecule has 2 aromatic heterocycles. The summed E-state index contributed by atoms with van der Waals surface area (Å²) >= 11 is 0. The zero-order valence-electron chi connectivity index (χ0n) is 17.7. The Bertz CT molecular complexity index is 1410. The summed E-state index contributed by atoms with van der Waals surface area (Å²) in [6, 6.07) is 30.7. The van der Waals surface area contributed by atoms with Gasteiger partial charge in [-0.2, -0.15) is 0 Å². The molecule has 0 bridgehead atoms. The number of rotatable bonds is 6. The predicted octanol–water partition coefficient (Wildman–Crippen LogP) is 6.37. The molecule has 2 heterocycles. The molecule has 0 saturated heterocycles. The summed E-state index contributed by atoms with van der Waals surface area (Å²) in [6.45, 7) is 0. The van der Waals surface area contributed by atoms with Gasteiger partial charge in [-0.1, -0.05) is 30.3 Å². The van der Waals surface area contributed by atoms with Crippen LogP contribution in [0.15, 0.2) is 109 Å². The number of anilines is 5. The molecule has 3 aromatic carbocycles. The van der Waals surface area contributed by atoms with Gasteiger partial charge in [0.15, 0.2) is 0 Å². The van der Waals surface area contributed by atoms with Gasteiger partial charge in [0.25, 0.3) is 5.91 Å². The van der Waals surface area contributed by atoms with E-state index in [1.54, 1.807) is 24.5 Å². The molecule has 0 atom stereocenters. The van der Waals surface area contributed by atoms with E-state index in [4.69, 9.17) is 0 Å². The van der Waals surface area contributed by atoms with E-state index in [0.29, 0.717) is 11.4 Å². The number of carbonyl (C=O) groups is 1. The van der Waals surface area contributed by atoms with Crippen LogP contribution < -0.4 is 16.0 Å². The van der Waals surface area contributed by atoms with E-state index in [1.165, 1.54) is 0 Å². The minimum Gasteiger partial charge on any atom is -0.355 e. The minimum atomic E-state index is -0.234. The summed E-state index contributed by atoms with van der Waals surface area (Å²) in [6.07, 6.45) is 3.43. The van der Waals surface area contributed by atoms with Crippen LogP contribution in [-0.2, 0) is 0 Å². The first-order chi connectivity index (χ1) is 16.2. The Balaban J connectivity index is 1.32. The predicted molar refractivity (Wildman–Crippen MR) is 133 cm³/mol. The quantitative estimate of drug-likeness (QED) is 0.291. The van der Waals surface area contributed by atoms with Gasteiger partial charge in [0.1, 0.15) is 5.82 Å². The maximum atomic E-state index is 12.9. The normalized spacial score (nSPS) is 10.5. The summed E-state index contributed by atoms with van der Waals surface area (Å²) in [5.74, 6) is 0.238. The second kappa shape index (κ2) is 9.20. The number of amides is 1. The molecule has 6 nitrogen and oxygen atoms in total. The molecular formula is C27H21N5O. The molecule has 0 spiro atoms. The molecule has 0 radical (unpaired) electrons. The highest BCUT2D eigenvalue weighted by Gasteiger charge is 2.09. The third kappa shape index (κ3) is 4.80. The molecular weight excluding hydrogens is 410 g/mol. The van der Waals surface area contributed by atoms with Crippen LogP contribution in [0, 0.1) is 0 Å². The third-order valence-corrected chi connectivity index (χ3v) is 5.11. The second-order valence-corrected chi connectivity index (χ2v) is 7.46. The van der Waals surface area contributed by atoms with E-state index in [0.717, 1.165) is 33.7 Å². The summed E-state index contributed by atoms with van der Waals surface area (Å²) in [5.41, 5.74) is 4.98. The highest BCUT2D eigenvalue weighted by Crippen LogP contribution is 2.26. The van der Waals surface area contributed by atoms with Gasteiger partial charge in [-0.25, -0.2) is 4.98 Å². The first-order valence-corrected chi connectivity index (χ1v) is 10.5. The molecule has 0 aliphatic carbocycles. The van der Waals surface area contributed by atoms with Crippen molar-refractivity contribution >= 4 is 45.4 Å². The summed E-state index contributed by atoms with van der Waals surface area (Å²) < 4.78 is 0. The monoisotopic (exact) mass is 431 g/mol. The highest BCUT2D eigenvalue weighted by molar-refractivity contribution is 6.04. The van der Waals surface area contributed by atoms with Crippen molar-refractivity contribution in [2.24, 2.45) is 0 Å². The van der Waals surface area contributed by atoms with E-state index in [2.05, 4.69) is 25.9 Å². The molecule has 160 valence electrons. The van der Waals surface area contributed by atoms with Gasteiger partial charge < -0.3 is 16.0 Å². The Hall–Kier alpha value is -4.71. The Labute approximate surface area is 191 Å². The van der Waals surface area contributed by atoms with Crippen molar-refractivity contribution in [1.29, 1.82) is 0 Å². The van der Waals surface area contributed by atoms with E-state index in [9.17, 15) is 4.79 Å². The maximum absolute atomic E-state index is 12.9. The van der Waals surface area contributed by atoms with E-state index < -0.39 is 0 Å². The number of fused-ring (bicyclic) bond motifs is 1. The molecule has 0 unspecified atom stereocenters. The van der Waals surface area contributed by atoms with Crippen LogP contribution in [0.3, 0.4) is 0 Å². The van der Waals surface area contributed by atoms with Crippen molar-refractivity contribution in [3.63, 3.8) is 0 Å². The fraction of sp³-hybridized carbons (Fsp3) is 0.